The zero-order valence-electron chi connectivity index (χ0n) is 15.6. The number of pyridine rings is 1. The van der Waals surface area contributed by atoms with Crippen molar-refractivity contribution in [2.24, 2.45) is 0 Å². The van der Waals surface area contributed by atoms with Crippen molar-refractivity contribution < 1.29 is 9.59 Å². The number of nitrogens with one attached hydrogen (secondary N) is 1. The van der Waals surface area contributed by atoms with Crippen LogP contribution in [0.2, 0.25) is 10.0 Å². The third-order valence-electron chi connectivity index (χ3n) is 4.41. The van der Waals surface area contributed by atoms with Crippen molar-refractivity contribution in [1.29, 1.82) is 0 Å². The number of aromatic nitrogens is 4. The zero-order valence-corrected chi connectivity index (χ0v) is 17.9. The van der Waals surface area contributed by atoms with Crippen molar-refractivity contribution in [1.82, 2.24) is 30.0 Å². The maximum Gasteiger partial charge on any atom is 0.324 e. The molecule has 3 heterocycles. The molecular formula is C19H16Cl2N6O2S. The van der Waals surface area contributed by atoms with E-state index in [0.29, 0.717) is 39.7 Å². The van der Waals surface area contributed by atoms with E-state index in [1.807, 2.05) is 22.8 Å². The van der Waals surface area contributed by atoms with Gasteiger partial charge in [-0.2, -0.15) is 0 Å². The molecule has 11 heteroatoms. The number of urea groups is 1. The number of hydrogen-bond donors (Lipinski definition) is 1. The summed E-state index contributed by atoms with van der Waals surface area (Å²) in [6.45, 7) is 0.417. The number of rotatable bonds is 7. The average Bonchev–Trinajstić information content (AvgIpc) is 3.31. The number of benzene rings is 1. The van der Waals surface area contributed by atoms with Crippen LogP contribution in [-0.4, -0.2) is 55.4 Å². The van der Waals surface area contributed by atoms with Crippen LogP contribution < -0.4 is 5.32 Å². The Kier molecular flexibility index (Phi) is 6.21. The van der Waals surface area contributed by atoms with E-state index in [2.05, 4.69) is 20.5 Å². The standard InChI is InChI=1S/C19H16Cl2N6O2S/c20-14-5-4-13(9-15(14)21)27-17(12-3-1-6-22-10-12)24-25-19(27)30-8-2-7-26-16(28)11-23-18(26)29/h1,3-6,9-10H,2,7-8,11H2,(H,23,29). The van der Waals surface area contributed by atoms with Gasteiger partial charge in [-0.05, 0) is 36.8 Å². The highest BCUT2D eigenvalue weighted by Crippen LogP contribution is 2.31. The van der Waals surface area contributed by atoms with E-state index in [4.69, 9.17) is 23.2 Å². The first-order valence-corrected chi connectivity index (χ1v) is 10.8. The van der Waals surface area contributed by atoms with Gasteiger partial charge in [-0.25, -0.2) is 4.79 Å². The maximum atomic E-state index is 11.7. The second kappa shape index (κ2) is 9.03. The number of halogens is 2. The van der Waals surface area contributed by atoms with Crippen LogP contribution in [0.1, 0.15) is 6.42 Å². The molecule has 1 aliphatic rings. The van der Waals surface area contributed by atoms with Crippen LogP contribution in [0.5, 0.6) is 0 Å². The molecule has 0 atom stereocenters. The smallest absolute Gasteiger partial charge is 0.324 e. The number of carbonyl (C=O) groups excluding carboxylic acids is 2. The van der Waals surface area contributed by atoms with Crippen LogP contribution in [-0.2, 0) is 4.79 Å². The van der Waals surface area contributed by atoms with Gasteiger partial charge in [0.15, 0.2) is 11.0 Å². The van der Waals surface area contributed by atoms with Crippen molar-refractivity contribution in [2.75, 3.05) is 18.8 Å². The highest BCUT2D eigenvalue weighted by atomic mass is 35.5. The predicted octanol–water partition coefficient (Wildman–Crippen LogP) is 3.67. The lowest BCUT2D eigenvalue weighted by Gasteiger charge is -2.13. The Morgan fingerprint density at radius 1 is 1.13 bits per heavy atom. The number of hydrogen-bond acceptors (Lipinski definition) is 6. The molecule has 1 saturated heterocycles. The summed E-state index contributed by atoms with van der Waals surface area (Å²) in [6.07, 6.45) is 4.03. The van der Waals surface area contributed by atoms with Gasteiger partial charge in [0.05, 0.1) is 22.3 Å². The van der Waals surface area contributed by atoms with E-state index in [-0.39, 0.29) is 18.5 Å². The van der Waals surface area contributed by atoms with Crippen molar-refractivity contribution in [3.05, 3.63) is 52.8 Å². The lowest BCUT2D eigenvalue weighted by atomic mass is 10.2. The minimum Gasteiger partial charge on any atom is -0.329 e. The van der Waals surface area contributed by atoms with Gasteiger partial charge in [-0.15, -0.1) is 10.2 Å². The largest absolute Gasteiger partial charge is 0.329 e. The second-order valence-corrected chi connectivity index (χ2v) is 8.26. The fourth-order valence-electron chi connectivity index (χ4n) is 2.97. The van der Waals surface area contributed by atoms with E-state index in [0.717, 1.165) is 11.3 Å². The minimum atomic E-state index is -0.345. The van der Waals surface area contributed by atoms with E-state index in [9.17, 15) is 9.59 Å². The Labute approximate surface area is 186 Å². The van der Waals surface area contributed by atoms with Gasteiger partial charge in [-0.1, -0.05) is 35.0 Å². The van der Waals surface area contributed by atoms with Gasteiger partial charge in [0.25, 0.3) is 0 Å². The molecule has 154 valence electrons. The summed E-state index contributed by atoms with van der Waals surface area (Å²) >= 11 is 13.8. The first kappa shape index (κ1) is 20.6. The molecule has 4 rings (SSSR count). The lowest BCUT2D eigenvalue weighted by molar-refractivity contribution is -0.124. The average molecular weight is 463 g/mol. The molecule has 1 fully saturated rings. The van der Waals surface area contributed by atoms with Crippen LogP contribution in [0.4, 0.5) is 4.79 Å². The minimum absolute atomic E-state index is 0.0616. The number of carbonyl (C=O) groups is 2. The maximum absolute atomic E-state index is 11.7. The Morgan fingerprint density at radius 3 is 2.70 bits per heavy atom. The topological polar surface area (TPSA) is 93.0 Å². The molecule has 0 saturated carbocycles. The number of imide groups is 1. The van der Waals surface area contributed by atoms with Crippen molar-refractivity contribution in [2.45, 2.75) is 11.6 Å². The van der Waals surface area contributed by atoms with E-state index >= 15 is 0 Å². The second-order valence-electron chi connectivity index (χ2n) is 6.39. The van der Waals surface area contributed by atoms with E-state index < -0.39 is 0 Å². The normalized spacial score (nSPS) is 13.7. The Bertz CT molecular complexity index is 1080. The Morgan fingerprint density at radius 2 is 2.00 bits per heavy atom. The van der Waals surface area contributed by atoms with Crippen LogP contribution in [0.25, 0.3) is 17.1 Å². The molecule has 3 amide bonds. The van der Waals surface area contributed by atoms with E-state index in [1.54, 1.807) is 24.5 Å². The third-order valence-corrected chi connectivity index (χ3v) is 6.16. The Balaban J connectivity index is 1.57. The molecule has 3 aromatic rings. The highest BCUT2D eigenvalue weighted by molar-refractivity contribution is 7.99. The molecule has 2 aromatic heterocycles. The molecule has 30 heavy (non-hydrogen) atoms. The summed E-state index contributed by atoms with van der Waals surface area (Å²) in [5.74, 6) is 1.06. The van der Waals surface area contributed by atoms with Gasteiger partial charge in [0.1, 0.15) is 0 Å². The van der Waals surface area contributed by atoms with Gasteiger partial charge in [0, 0.05) is 30.3 Å². The van der Waals surface area contributed by atoms with Gasteiger partial charge in [-0.3, -0.25) is 19.2 Å². The SMILES string of the molecule is O=C1CNC(=O)N1CCCSc1nnc(-c2cccnc2)n1-c1ccc(Cl)c(Cl)c1. The molecule has 0 aliphatic carbocycles. The van der Waals surface area contributed by atoms with Crippen molar-refractivity contribution in [3.8, 4) is 17.1 Å². The first-order chi connectivity index (χ1) is 14.5. The first-order valence-electron chi connectivity index (χ1n) is 9.07. The lowest BCUT2D eigenvalue weighted by Crippen LogP contribution is -2.32. The van der Waals surface area contributed by atoms with Gasteiger partial charge >= 0.3 is 6.03 Å². The van der Waals surface area contributed by atoms with Gasteiger partial charge < -0.3 is 5.32 Å². The highest BCUT2D eigenvalue weighted by Gasteiger charge is 2.27. The Hall–Kier alpha value is -2.62. The fraction of sp³-hybridized carbons (Fsp3) is 0.211. The molecule has 1 aliphatic heterocycles. The number of amides is 3. The van der Waals surface area contributed by atoms with Crippen molar-refractivity contribution >= 4 is 46.9 Å². The summed E-state index contributed by atoms with van der Waals surface area (Å²) < 4.78 is 1.89. The molecule has 8 nitrogen and oxygen atoms in total. The third kappa shape index (κ3) is 4.28. The zero-order chi connectivity index (χ0) is 21.1. The van der Waals surface area contributed by atoms with Crippen LogP contribution in [0.3, 0.4) is 0 Å². The summed E-state index contributed by atoms with van der Waals surface area (Å²) in [6, 6.07) is 8.70. The molecule has 1 N–H and O–H groups in total. The number of thioether (sulfide) groups is 1. The van der Waals surface area contributed by atoms with Crippen molar-refractivity contribution in [3.63, 3.8) is 0 Å². The summed E-state index contributed by atoms with van der Waals surface area (Å²) in [5.41, 5.74) is 1.58. The monoisotopic (exact) mass is 462 g/mol. The number of nitrogens with zero attached hydrogens (tertiary/aromatic N) is 5. The van der Waals surface area contributed by atoms with E-state index in [1.165, 1.54) is 16.7 Å². The predicted molar refractivity (Wildman–Crippen MR) is 115 cm³/mol. The molecule has 1 aromatic carbocycles. The fourth-order valence-corrected chi connectivity index (χ4v) is 4.14. The molecule has 0 bridgehead atoms. The van der Waals surface area contributed by atoms with Crippen LogP contribution in [0.15, 0.2) is 47.9 Å². The summed E-state index contributed by atoms with van der Waals surface area (Å²) in [4.78, 5) is 28.7. The summed E-state index contributed by atoms with van der Waals surface area (Å²) in [5, 5.41) is 12.7. The summed E-state index contributed by atoms with van der Waals surface area (Å²) in [7, 11) is 0. The van der Waals surface area contributed by atoms with Crippen LogP contribution >= 0.6 is 35.0 Å². The molecule has 0 radical (unpaired) electrons. The quantitative estimate of drug-likeness (QED) is 0.327. The van der Waals surface area contributed by atoms with Crippen LogP contribution in [0, 0.1) is 0 Å². The molecular weight excluding hydrogens is 447 g/mol. The molecule has 0 unspecified atom stereocenters. The van der Waals surface area contributed by atoms with Gasteiger partial charge in [0.2, 0.25) is 5.91 Å². The molecule has 0 spiro atoms.